The molecule has 34 heavy (non-hydrogen) atoms. The molecule has 1 amide bonds. The summed E-state index contributed by atoms with van der Waals surface area (Å²) in [6, 6.07) is 13.4. The maximum absolute atomic E-state index is 13.4. The van der Waals surface area contributed by atoms with E-state index in [1.807, 2.05) is 27.7 Å². The van der Waals surface area contributed by atoms with Crippen molar-refractivity contribution in [3.05, 3.63) is 64.2 Å². The summed E-state index contributed by atoms with van der Waals surface area (Å²) in [5, 5.41) is 0.599. The summed E-state index contributed by atoms with van der Waals surface area (Å²) in [5.41, 5.74) is 2.40. The Morgan fingerprint density at radius 2 is 1.71 bits per heavy atom. The van der Waals surface area contributed by atoms with E-state index in [0.717, 1.165) is 69.0 Å². The zero-order chi connectivity index (χ0) is 23.5. The average Bonchev–Trinajstić information content (AvgIpc) is 3.11. The fraction of sp³-hybridized carbons (Fsp3) is 0.444. The zero-order valence-electron chi connectivity index (χ0n) is 19.8. The zero-order valence-corrected chi connectivity index (χ0v) is 19.8. The number of nitrogens with zero attached hydrogens (tertiary/aromatic N) is 4. The molecule has 3 aromatic rings. The monoisotopic (exact) mass is 460 g/mol. The van der Waals surface area contributed by atoms with Crippen LogP contribution in [0.4, 0.5) is 5.69 Å². The van der Waals surface area contributed by atoms with Crippen molar-refractivity contribution in [1.29, 1.82) is 0 Å². The molecule has 0 unspecified atom stereocenters. The van der Waals surface area contributed by atoms with Gasteiger partial charge in [-0.3, -0.25) is 14.2 Å². The Morgan fingerprint density at radius 3 is 2.53 bits per heavy atom. The summed E-state index contributed by atoms with van der Waals surface area (Å²) < 4.78 is 7.10. The summed E-state index contributed by atoms with van der Waals surface area (Å²) >= 11 is 0. The number of aryl methyl sites for hydroxylation is 1. The van der Waals surface area contributed by atoms with E-state index < -0.39 is 0 Å². The standard InChI is InChI=1S/C27H32N4O3/c1-34-22-11-9-21(10-12-22)29-14-6-15-30(18-17-29)26(32)20-8-13-23-24(19-20)28-25-7-4-2-3-5-16-31(25)27(23)33/h8-13,19H,2-7,14-18H2,1H3. The van der Waals surface area contributed by atoms with Gasteiger partial charge in [-0.2, -0.15) is 0 Å². The van der Waals surface area contributed by atoms with Crippen LogP contribution in [0.5, 0.6) is 5.75 Å². The minimum absolute atomic E-state index is 0.00660. The van der Waals surface area contributed by atoms with Gasteiger partial charge >= 0.3 is 0 Å². The van der Waals surface area contributed by atoms with Gasteiger partial charge in [0.25, 0.3) is 11.5 Å². The largest absolute Gasteiger partial charge is 0.497 e. The minimum atomic E-state index is 0.00660. The van der Waals surface area contributed by atoms with Crippen LogP contribution in [0.2, 0.25) is 0 Å². The van der Waals surface area contributed by atoms with Crippen molar-refractivity contribution < 1.29 is 9.53 Å². The topological polar surface area (TPSA) is 67.7 Å². The molecule has 0 atom stereocenters. The highest BCUT2D eigenvalue weighted by Crippen LogP contribution is 2.22. The van der Waals surface area contributed by atoms with Crippen molar-refractivity contribution in [2.75, 3.05) is 38.2 Å². The molecule has 1 saturated heterocycles. The van der Waals surface area contributed by atoms with Gasteiger partial charge in [0, 0.05) is 50.4 Å². The number of hydrogen-bond donors (Lipinski definition) is 0. The number of rotatable bonds is 3. The van der Waals surface area contributed by atoms with E-state index in [1.165, 1.54) is 6.42 Å². The summed E-state index contributed by atoms with van der Waals surface area (Å²) in [4.78, 5) is 35.5. The Hall–Kier alpha value is -3.35. The number of hydrogen-bond acceptors (Lipinski definition) is 5. The quantitative estimate of drug-likeness (QED) is 0.594. The maximum Gasteiger partial charge on any atom is 0.261 e. The molecule has 7 nitrogen and oxygen atoms in total. The molecule has 0 N–H and O–H groups in total. The van der Waals surface area contributed by atoms with Gasteiger partial charge in [0.05, 0.1) is 18.0 Å². The first-order valence-corrected chi connectivity index (χ1v) is 12.4. The Labute approximate surface area is 200 Å². The summed E-state index contributed by atoms with van der Waals surface area (Å²) in [6.45, 7) is 3.78. The first kappa shape index (κ1) is 22.4. The van der Waals surface area contributed by atoms with Crippen LogP contribution in [0.15, 0.2) is 47.3 Å². The molecular formula is C27H32N4O3. The lowest BCUT2D eigenvalue weighted by molar-refractivity contribution is 0.0767. The number of aromatic nitrogens is 2. The van der Waals surface area contributed by atoms with E-state index in [0.29, 0.717) is 29.6 Å². The van der Waals surface area contributed by atoms with E-state index in [2.05, 4.69) is 17.0 Å². The van der Waals surface area contributed by atoms with Crippen LogP contribution in [0.1, 0.15) is 48.3 Å². The number of carbonyl (C=O) groups is 1. The molecule has 2 aromatic carbocycles. The SMILES string of the molecule is COc1ccc(N2CCCN(C(=O)c3ccc4c(=O)n5c(nc4c3)CCCCCC5)CC2)cc1. The molecule has 1 fully saturated rings. The molecule has 2 aliphatic rings. The van der Waals surface area contributed by atoms with Crippen molar-refractivity contribution in [3.63, 3.8) is 0 Å². The highest BCUT2D eigenvalue weighted by atomic mass is 16.5. The first-order chi connectivity index (χ1) is 16.6. The third kappa shape index (κ3) is 4.52. The van der Waals surface area contributed by atoms with Gasteiger partial charge in [0.1, 0.15) is 11.6 Å². The second-order valence-electron chi connectivity index (χ2n) is 9.21. The Kier molecular flexibility index (Phi) is 6.52. The molecule has 0 bridgehead atoms. The number of anilines is 1. The lowest BCUT2D eigenvalue weighted by atomic mass is 10.1. The second kappa shape index (κ2) is 9.87. The van der Waals surface area contributed by atoms with Crippen LogP contribution in [0, 0.1) is 0 Å². The number of ether oxygens (including phenoxy) is 1. The molecule has 5 rings (SSSR count). The Morgan fingerprint density at radius 1 is 0.882 bits per heavy atom. The number of amides is 1. The third-order valence-corrected chi connectivity index (χ3v) is 7.03. The Bertz CT molecular complexity index is 1240. The fourth-order valence-corrected chi connectivity index (χ4v) is 5.08. The van der Waals surface area contributed by atoms with Gasteiger partial charge in [0.2, 0.25) is 0 Å². The van der Waals surface area contributed by atoms with E-state index in [-0.39, 0.29) is 11.5 Å². The molecule has 2 aliphatic heterocycles. The van der Waals surface area contributed by atoms with Crippen LogP contribution >= 0.6 is 0 Å². The van der Waals surface area contributed by atoms with Crippen molar-refractivity contribution in [2.45, 2.75) is 45.1 Å². The smallest absolute Gasteiger partial charge is 0.261 e. The third-order valence-electron chi connectivity index (χ3n) is 7.03. The molecule has 3 heterocycles. The van der Waals surface area contributed by atoms with Gasteiger partial charge in [-0.1, -0.05) is 12.8 Å². The fourth-order valence-electron chi connectivity index (χ4n) is 5.08. The molecule has 0 spiro atoms. The van der Waals surface area contributed by atoms with Gasteiger partial charge < -0.3 is 14.5 Å². The number of methoxy groups -OCH3 is 1. The van der Waals surface area contributed by atoms with Crippen LogP contribution in [-0.4, -0.2) is 53.6 Å². The normalized spacial score (nSPS) is 17.0. The molecular weight excluding hydrogens is 428 g/mol. The summed E-state index contributed by atoms with van der Waals surface area (Å²) in [5.74, 6) is 1.70. The second-order valence-corrected chi connectivity index (χ2v) is 9.21. The maximum atomic E-state index is 13.4. The molecule has 0 aliphatic carbocycles. The summed E-state index contributed by atoms with van der Waals surface area (Å²) in [7, 11) is 1.67. The number of carbonyl (C=O) groups excluding carboxylic acids is 1. The van der Waals surface area contributed by atoms with E-state index in [1.54, 1.807) is 19.2 Å². The molecule has 0 radical (unpaired) electrons. The van der Waals surface area contributed by atoms with Crippen LogP contribution < -0.4 is 15.2 Å². The van der Waals surface area contributed by atoms with Crippen molar-refractivity contribution in [2.24, 2.45) is 0 Å². The van der Waals surface area contributed by atoms with E-state index in [9.17, 15) is 9.59 Å². The predicted molar refractivity (Wildman–Crippen MR) is 134 cm³/mol. The van der Waals surface area contributed by atoms with Gasteiger partial charge in [-0.15, -0.1) is 0 Å². The van der Waals surface area contributed by atoms with Crippen LogP contribution in [-0.2, 0) is 13.0 Å². The molecule has 0 saturated carbocycles. The highest BCUT2D eigenvalue weighted by molar-refractivity contribution is 5.97. The first-order valence-electron chi connectivity index (χ1n) is 12.4. The van der Waals surface area contributed by atoms with Crippen LogP contribution in [0.3, 0.4) is 0 Å². The van der Waals surface area contributed by atoms with E-state index >= 15 is 0 Å². The highest BCUT2D eigenvalue weighted by Gasteiger charge is 2.22. The van der Waals surface area contributed by atoms with Crippen molar-refractivity contribution in [1.82, 2.24) is 14.5 Å². The summed E-state index contributed by atoms with van der Waals surface area (Å²) in [6.07, 6.45) is 6.11. The van der Waals surface area contributed by atoms with Crippen molar-refractivity contribution in [3.8, 4) is 5.75 Å². The van der Waals surface area contributed by atoms with Crippen molar-refractivity contribution >= 4 is 22.5 Å². The van der Waals surface area contributed by atoms with E-state index in [4.69, 9.17) is 9.72 Å². The molecule has 178 valence electrons. The Balaban J connectivity index is 1.35. The number of benzene rings is 2. The predicted octanol–water partition coefficient (Wildman–Crippen LogP) is 3.87. The molecule has 1 aromatic heterocycles. The molecule has 7 heteroatoms. The lowest BCUT2D eigenvalue weighted by Gasteiger charge is -2.24. The van der Waals surface area contributed by atoms with Crippen LogP contribution in [0.25, 0.3) is 10.9 Å². The lowest BCUT2D eigenvalue weighted by Crippen LogP contribution is -2.35. The average molecular weight is 461 g/mol. The van der Waals surface area contributed by atoms with Gasteiger partial charge in [-0.25, -0.2) is 4.98 Å². The van der Waals surface area contributed by atoms with Gasteiger partial charge in [0.15, 0.2) is 0 Å². The minimum Gasteiger partial charge on any atom is -0.497 e. The number of fused-ring (bicyclic) bond motifs is 2. The van der Waals surface area contributed by atoms with Gasteiger partial charge in [-0.05, 0) is 61.7 Å².